The summed E-state index contributed by atoms with van der Waals surface area (Å²) in [6.07, 6.45) is 0. The molecule has 1 aromatic heterocycles. The van der Waals surface area contributed by atoms with E-state index in [1.807, 2.05) is 38.1 Å². The lowest BCUT2D eigenvalue weighted by Gasteiger charge is -2.06. The highest BCUT2D eigenvalue weighted by molar-refractivity contribution is 6.32. The molecule has 3 nitrogen and oxygen atoms in total. The van der Waals surface area contributed by atoms with E-state index < -0.39 is 0 Å². The molecule has 1 N–H and O–H groups in total. The number of furan rings is 1. The summed E-state index contributed by atoms with van der Waals surface area (Å²) >= 11 is 6.14. The predicted molar refractivity (Wildman–Crippen MR) is 81.3 cm³/mol. The zero-order valence-corrected chi connectivity index (χ0v) is 12.9. The molecule has 1 aromatic carbocycles. The lowest BCUT2D eigenvalue weighted by atomic mass is 10.2. The van der Waals surface area contributed by atoms with E-state index in [0.717, 1.165) is 30.2 Å². The highest BCUT2D eigenvalue weighted by atomic mass is 35.5. The first-order valence-electron chi connectivity index (χ1n) is 6.78. The molecule has 0 amide bonds. The van der Waals surface area contributed by atoms with E-state index in [1.54, 1.807) is 0 Å². The molecule has 0 fully saturated rings. The molecular formula is C16H20ClNO2. The van der Waals surface area contributed by atoms with Gasteiger partial charge in [0, 0.05) is 12.1 Å². The second-order valence-electron chi connectivity index (χ2n) is 4.80. The molecule has 0 saturated carbocycles. The van der Waals surface area contributed by atoms with Crippen LogP contribution in [0.2, 0.25) is 5.02 Å². The molecule has 0 aliphatic carbocycles. The summed E-state index contributed by atoms with van der Waals surface area (Å²) in [7, 11) is 0. The molecule has 0 aliphatic rings. The first-order chi connectivity index (χ1) is 9.60. The van der Waals surface area contributed by atoms with Gasteiger partial charge in [0.15, 0.2) is 0 Å². The molecule has 2 rings (SSSR count). The van der Waals surface area contributed by atoms with Crippen molar-refractivity contribution in [3.05, 3.63) is 51.9 Å². The highest BCUT2D eigenvalue weighted by Crippen LogP contribution is 2.26. The molecule has 0 atom stereocenters. The monoisotopic (exact) mass is 293 g/mol. The molecule has 108 valence electrons. The molecule has 0 bridgehead atoms. The fourth-order valence-corrected chi connectivity index (χ4v) is 2.26. The van der Waals surface area contributed by atoms with Crippen molar-refractivity contribution in [2.45, 2.75) is 33.9 Å². The Balaban J connectivity index is 2.00. The minimum atomic E-state index is 0.385. The van der Waals surface area contributed by atoms with Crippen molar-refractivity contribution in [2.24, 2.45) is 0 Å². The van der Waals surface area contributed by atoms with E-state index in [-0.39, 0.29) is 0 Å². The van der Waals surface area contributed by atoms with Crippen molar-refractivity contribution < 1.29 is 9.15 Å². The number of hydrogen-bond acceptors (Lipinski definition) is 3. The summed E-state index contributed by atoms with van der Waals surface area (Å²) < 4.78 is 11.4. The normalized spacial score (nSPS) is 10.8. The number of nitrogens with one attached hydrogen (secondary N) is 1. The molecule has 0 spiro atoms. The van der Waals surface area contributed by atoms with Crippen LogP contribution in [0.4, 0.5) is 0 Å². The van der Waals surface area contributed by atoms with Crippen molar-refractivity contribution >= 4 is 11.6 Å². The van der Waals surface area contributed by atoms with Crippen LogP contribution in [-0.2, 0) is 13.2 Å². The Bertz CT molecular complexity index is 578. The SMILES string of the molecule is CCNCc1cc(COc2ccc(C)cc2Cl)oc1C. The van der Waals surface area contributed by atoms with Gasteiger partial charge in [-0.2, -0.15) is 0 Å². The zero-order chi connectivity index (χ0) is 14.5. The van der Waals surface area contributed by atoms with Crippen LogP contribution in [0.3, 0.4) is 0 Å². The third kappa shape index (κ3) is 3.78. The summed E-state index contributed by atoms with van der Waals surface area (Å²) in [4.78, 5) is 0. The Morgan fingerprint density at radius 3 is 2.75 bits per heavy atom. The first-order valence-corrected chi connectivity index (χ1v) is 7.15. The average Bonchev–Trinajstić information content (AvgIpc) is 2.76. The summed E-state index contributed by atoms with van der Waals surface area (Å²) in [6.45, 7) is 8.19. The van der Waals surface area contributed by atoms with Gasteiger partial charge in [0.2, 0.25) is 0 Å². The van der Waals surface area contributed by atoms with Gasteiger partial charge < -0.3 is 14.5 Å². The Hall–Kier alpha value is -1.45. The number of aryl methyl sites for hydroxylation is 2. The number of halogens is 1. The molecule has 4 heteroatoms. The smallest absolute Gasteiger partial charge is 0.146 e. The topological polar surface area (TPSA) is 34.4 Å². The lowest BCUT2D eigenvalue weighted by Crippen LogP contribution is -2.11. The first kappa shape index (κ1) is 14.9. The van der Waals surface area contributed by atoms with Gasteiger partial charge in [-0.15, -0.1) is 0 Å². The van der Waals surface area contributed by atoms with Crippen molar-refractivity contribution in [3.8, 4) is 5.75 Å². The van der Waals surface area contributed by atoms with E-state index in [9.17, 15) is 0 Å². The molecule has 1 heterocycles. The van der Waals surface area contributed by atoms with E-state index >= 15 is 0 Å². The standard InChI is InChI=1S/C16H20ClNO2/c1-4-18-9-13-8-14(20-12(13)3)10-19-16-6-5-11(2)7-15(16)17/h5-8,18H,4,9-10H2,1-3H3. The predicted octanol–water partition coefficient (Wildman–Crippen LogP) is 4.24. The quantitative estimate of drug-likeness (QED) is 0.865. The van der Waals surface area contributed by atoms with Gasteiger partial charge in [0.05, 0.1) is 5.02 Å². The van der Waals surface area contributed by atoms with Crippen LogP contribution >= 0.6 is 11.6 Å². The maximum atomic E-state index is 6.14. The van der Waals surface area contributed by atoms with E-state index in [4.69, 9.17) is 20.8 Å². The number of rotatable bonds is 6. The van der Waals surface area contributed by atoms with Crippen LogP contribution in [0.25, 0.3) is 0 Å². The third-order valence-electron chi connectivity index (χ3n) is 3.09. The summed E-state index contributed by atoms with van der Waals surface area (Å²) in [6, 6.07) is 7.78. The van der Waals surface area contributed by atoms with Gasteiger partial charge in [-0.05, 0) is 44.2 Å². The van der Waals surface area contributed by atoms with Crippen LogP contribution in [0.15, 0.2) is 28.7 Å². The summed E-state index contributed by atoms with van der Waals surface area (Å²) in [5.74, 6) is 2.42. The maximum absolute atomic E-state index is 6.14. The molecular weight excluding hydrogens is 274 g/mol. The van der Waals surface area contributed by atoms with Crippen molar-refractivity contribution in [1.82, 2.24) is 5.32 Å². The van der Waals surface area contributed by atoms with Gasteiger partial charge >= 0.3 is 0 Å². The molecule has 2 aromatic rings. The van der Waals surface area contributed by atoms with Gasteiger partial charge in [-0.25, -0.2) is 0 Å². The number of ether oxygens (including phenoxy) is 1. The molecule has 0 radical (unpaired) electrons. The van der Waals surface area contributed by atoms with E-state index in [2.05, 4.69) is 12.2 Å². The Morgan fingerprint density at radius 2 is 2.05 bits per heavy atom. The molecule has 0 saturated heterocycles. The van der Waals surface area contributed by atoms with E-state index in [1.165, 1.54) is 5.56 Å². The second-order valence-corrected chi connectivity index (χ2v) is 5.20. The van der Waals surface area contributed by atoms with Crippen LogP contribution in [0.5, 0.6) is 5.75 Å². The number of benzene rings is 1. The van der Waals surface area contributed by atoms with Crippen LogP contribution in [0.1, 0.15) is 29.6 Å². The summed E-state index contributed by atoms with van der Waals surface area (Å²) in [5, 5.41) is 3.91. The Kier molecular flexibility index (Phi) is 5.10. The zero-order valence-electron chi connectivity index (χ0n) is 12.1. The van der Waals surface area contributed by atoms with Crippen LogP contribution in [-0.4, -0.2) is 6.54 Å². The van der Waals surface area contributed by atoms with E-state index in [0.29, 0.717) is 17.4 Å². The fourth-order valence-electron chi connectivity index (χ4n) is 1.97. The largest absolute Gasteiger partial charge is 0.484 e. The maximum Gasteiger partial charge on any atom is 0.146 e. The average molecular weight is 294 g/mol. The Morgan fingerprint density at radius 1 is 1.25 bits per heavy atom. The van der Waals surface area contributed by atoms with Crippen LogP contribution in [0, 0.1) is 13.8 Å². The fraction of sp³-hybridized carbons (Fsp3) is 0.375. The Labute approximate surface area is 124 Å². The van der Waals surface area contributed by atoms with Gasteiger partial charge in [-0.1, -0.05) is 24.6 Å². The lowest BCUT2D eigenvalue weighted by molar-refractivity contribution is 0.267. The van der Waals surface area contributed by atoms with Crippen molar-refractivity contribution in [2.75, 3.05) is 6.54 Å². The number of hydrogen-bond donors (Lipinski definition) is 1. The van der Waals surface area contributed by atoms with Crippen LogP contribution < -0.4 is 10.1 Å². The van der Waals surface area contributed by atoms with Crippen molar-refractivity contribution in [3.63, 3.8) is 0 Å². The minimum Gasteiger partial charge on any atom is -0.484 e. The molecule has 0 unspecified atom stereocenters. The molecule has 0 aliphatic heterocycles. The third-order valence-corrected chi connectivity index (χ3v) is 3.39. The minimum absolute atomic E-state index is 0.385. The van der Waals surface area contributed by atoms with Crippen molar-refractivity contribution in [1.29, 1.82) is 0 Å². The van der Waals surface area contributed by atoms with Gasteiger partial charge in [-0.3, -0.25) is 0 Å². The van der Waals surface area contributed by atoms with Gasteiger partial charge in [0.25, 0.3) is 0 Å². The van der Waals surface area contributed by atoms with Gasteiger partial charge in [0.1, 0.15) is 23.9 Å². The molecule has 20 heavy (non-hydrogen) atoms. The highest BCUT2D eigenvalue weighted by Gasteiger charge is 2.09. The summed E-state index contributed by atoms with van der Waals surface area (Å²) in [5.41, 5.74) is 2.28. The second kappa shape index (κ2) is 6.82.